The van der Waals surface area contributed by atoms with Gasteiger partial charge in [0.1, 0.15) is 17.0 Å². The van der Waals surface area contributed by atoms with Crippen molar-refractivity contribution in [2.45, 2.75) is 44.5 Å². The fourth-order valence-corrected chi connectivity index (χ4v) is 4.49. The quantitative estimate of drug-likeness (QED) is 0.547. The van der Waals surface area contributed by atoms with Gasteiger partial charge in [-0.2, -0.15) is 13.2 Å². The minimum Gasteiger partial charge on any atom is -0.412 e. The zero-order valence-electron chi connectivity index (χ0n) is 18.3. The van der Waals surface area contributed by atoms with Gasteiger partial charge >= 0.3 is 6.18 Å². The Hall–Kier alpha value is -2.20. The van der Waals surface area contributed by atoms with Gasteiger partial charge in [0.25, 0.3) is 0 Å². The zero-order valence-corrected chi connectivity index (χ0v) is 19.1. The third-order valence-corrected chi connectivity index (χ3v) is 6.32. The summed E-state index contributed by atoms with van der Waals surface area (Å²) in [6, 6.07) is 11.4. The van der Waals surface area contributed by atoms with Crippen molar-refractivity contribution in [2.24, 2.45) is 5.92 Å². The number of fused-ring (bicyclic) bond motifs is 1. The van der Waals surface area contributed by atoms with Crippen molar-refractivity contribution >= 4 is 18.1 Å². The molecule has 1 aromatic carbocycles. The Labute approximate surface area is 196 Å². The molecule has 5 rings (SSSR count). The molecule has 2 N–H and O–H groups in total. The number of aromatic nitrogens is 3. The molecular weight excluding hydrogens is 457 g/mol. The third kappa shape index (κ3) is 5.16. The second kappa shape index (κ2) is 9.58. The third-order valence-electron chi connectivity index (χ3n) is 6.32. The molecule has 2 aliphatic rings. The summed E-state index contributed by atoms with van der Waals surface area (Å²) in [4.78, 5) is 2.03. The lowest BCUT2D eigenvalue weighted by Crippen LogP contribution is -2.47. The molecule has 3 heterocycles. The standard InChI is InChI=1S/C23H25F3N4O.ClH.H2O/c1-22(18-5-3-2-4-6-18)15-29(11-12-31-22)14-17-9-10-30-19(13-16-7-8-16)27-28-21(30)20(17)23(24,25)26;;/h2-6,9-10,16H,7-8,11-15H2,1H3;1H;1H2. The number of nitrogens with zero attached hydrogens (tertiary/aromatic N) is 4. The Balaban J connectivity index is 0.00000153. The molecule has 2 aromatic heterocycles. The maximum absolute atomic E-state index is 14.1. The Kier molecular flexibility index (Phi) is 7.38. The van der Waals surface area contributed by atoms with Gasteiger partial charge in [-0.15, -0.1) is 22.6 Å². The van der Waals surface area contributed by atoms with E-state index in [1.54, 1.807) is 12.3 Å². The first kappa shape index (κ1) is 25.4. The van der Waals surface area contributed by atoms with Gasteiger partial charge in [-0.1, -0.05) is 30.3 Å². The highest BCUT2D eigenvalue weighted by atomic mass is 35.5. The molecule has 0 spiro atoms. The number of alkyl halides is 3. The zero-order chi connectivity index (χ0) is 21.6. The predicted molar refractivity (Wildman–Crippen MR) is 120 cm³/mol. The SMILES string of the molecule is CC1(c2ccccc2)CN(Cc2ccn3c(CC4CC4)nnc3c2C(F)(F)F)CCO1.Cl.O. The summed E-state index contributed by atoms with van der Waals surface area (Å²) in [5.74, 6) is 1.13. The van der Waals surface area contributed by atoms with E-state index in [1.165, 1.54) is 4.40 Å². The van der Waals surface area contributed by atoms with Crippen LogP contribution < -0.4 is 0 Å². The fourth-order valence-electron chi connectivity index (χ4n) is 4.49. The lowest BCUT2D eigenvalue weighted by Gasteiger charge is -2.41. The average molecular weight is 485 g/mol. The molecule has 33 heavy (non-hydrogen) atoms. The lowest BCUT2D eigenvalue weighted by atomic mass is 9.93. The molecular formula is C23H28ClF3N4O2. The smallest absolute Gasteiger partial charge is 0.412 e. The van der Waals surface area contributed by atoms with E-state index in [0.717, 1.165) is 18.4 Å². The molecule has 1 aliphatic heterocycles. The summed E-state index contributed by atoms with van der Waals surface area (Å²) in [6.07, 6.45) is 0.0780. The second-order valence-electron chi connectivity index (χ2n) is 8.83. The molecule has 1 saturated carbocycles. The summed E-state index contributed by atoms with van der Waals surface area (Å²) in [6.45, 7) is 3.72. The van der Waals surface area contributed by atoms with Crippen LogP contribution in [-0.2, 0) is 29.5 Å². The van der Waals surface area contributed by atoms with E-state index < -0.39 is 17.3 Å². The molecule has 1 saturated heterocycles. The number of rotatable bonds is 5. The topological polar surface area (TPSA) is 74.2 Å². The van der Waals surface area contributed by atoms with E-state index >= 15 is 0 Å². The van der Waals surface area contributed by atoms with Crippen LogP contribution in [0.15, 0.2) is 42.6 Å². The number of ether oxygens (including phenoxy) is 1. The van der Waals surface area contributed by atoms with Crippen molar-refractivity contribution in [3.8, 4) is 0 Å². The molecule has 0 amide bonds. The lowest BCUT2D eigenvalue weighted by molar-refractivity contribution is -0.138. The van der Waals surface area contributed by atoms with Gasteiger partial charge in [-0.25, -0.2) is 0 Å². The predicted octanol–water partition coefficient (Wildman–Crippen LogP) is 4.05. The van der Waals surface area contributed by atoms with E-state index in [4.69, 9.17) is 4.74 Å². The van der Waals surface area contributed by atoms with Crippen molar-refractivity contribution < 1.29 is 23.4 Å². The minimum atomic E-state index is -4.50. The van der Waals surface area contributed by atoms with Crippen LogP contribution in [0, 0.1) is 5.92 Å². The summed E-state index contributed by atoms with van der Waals surface area (Å²) in [5.41, 5.74) is -0.0952. The van der Waals surface area contributed by atoms with Crippen molar-refractivity contribution in [2.75, 3.05) is 19.7 Å². The monoisotopic (exact) mass is 484 g/mol. The van der Waals surface area contributed by atoms with E-state index in [0.29, 0.717) is 37.9 Å². The van der Waals surface area contributed by atoms with Gasteiger partial charge in [0.2, 0.25) is 0 Å². The van der Waals surface area contributed by atoms with Crippen LogP contribution in [0.4, 0.5) is 13.2 Å². The van der Waals surface area contributed by atoms with Crippen molar-refractivity contribution in [3.63, 3.8) is 0 Å². The first-order chi connectivity index (χ1) is 14.8. The average Bonchev–Trinajstić information content (AvgIpc) is 3.46. The van der Waals surface area contributed by atoms with Crippen molar-refractivity contribution in [3.05, 3.63) is 65.1 Å². The van der Waals surface area contributed by atoms with Crippen LogP contribution in [0.5, 0.6) is 0 Å². The summed E-state index contributed by atoms with van der Waals surface area (Å²) in [5, 5.41) is 8.03. The number of pyridine rings is 1. The normalized spacial score (nSPS) is 21.5. The molecule has 1 atom stereocenters. The van der Waals surface area contributed by atoms with Crippen LogP contribution in [0.25, 0.3) is 5.65 Å². The largest absolute Gasteiger partial charge is 0.420 e. The first-order valence-electron chi connectivity index (χ1n) is 10.7. The van der Waals surface area contributed by atoms with E-state index in [9.17, 15) is 13.2 Å². The molecule has 10 heteroatoms. The Morgan fingerprint density at radius 1 is 1.12 bits per heavy atom. The molecule has 6 nitrogen and oxygen atoms in total. The van der Waals surface area contributed by atoms with Crippen molar-refractivity contribution in [1.29, 1.82) is 0 Å². The van der Waals surface area contributed by atoms with E-state index in [1.807, 2.05) is 42.2 Å². The maximum atomic E-state index is 14.1. The number of hydrogen-bond donors (Lipinski definition) is 0. The fraction of sp³-hybridized carbons (Fsp3) is 0.478. The summed E-state index contributed by atoms with van der Waals surface area (Å²) in [7, 11) is 0. The van der Waals surface area contributed by atoms with Gasteiger partial charge in [0, 0.05) is 32.3 Å². The Bertz CT molecular complexity index is 1090. The number of morpholine rings is 1. The second-order valence-corrected chi connectivity index (χ2v) is 8.83. The first-order valence-corrected chi connectivity index (χ1v) is 10.7. The molecule has 2 fully saturated rings. The van der Waals surface area contributed by atoms with Gasteiger partial charge in [0.05, 0.1) is 6.61 Å². The maximum Gasteiger partial charge on any atom is 0.420 e. The van der Waals surface area contributed by atoms with Crippen LogP contribution >= 0.6 is 12.4 Å². The highest BCUT2D eigenvalue weighted by molar-refractivity contribution is 5.85. The van der Waals surface area contributed by atoms with Crippen LogP contribution in [-0.4, -0.2) is 44.7 Å². The Morgan fingerprint density at radius 3 is 2.52 bits per heavy atom. The molecule has 0 bridgehead atoms. The van der Waals surface area contributed by atoms with Crippen LogP contribution in [0.3, 0.4) is 0 Å². The van der Waals surface area contributed by atoms with Crippen LogP contribution in [0.2, 0.25) is 0 Å². The molecule has 1 aliphatic carbocycles. The highest BCUT2D eigenvalue weighted by Gasteiger charge is 2.39. The summed E-state index contributed by atoms with van der Waals surface area (Å²) >= 11 is 0. The van der Waals surface area contributed by atoms with Gasteiger partial charge < -0.3 is 10.2 Å². The van der Waals surface area contributed by atoms with Gasteiger partial charge in [0.15, 0.2) is 5.65 Å². The Morgan fingerprint density at radius 2 is 1.85 bits per heavy atom. The molecule has 3 aromatic rings. The van der Waals surface area contributed by atoms with E-state index in [-0.39, 0.29) is 35.6 Å². The van der Waals surface area contributed by atoms with Gasteiger partial charge in [-0.3, -0.25) is 9.30 Å². The number of benzene rings is 1. The number of hydrogen-bond acceptors (Lipinski definition) is 4. The molecule has 1 unspecified atom stereocenters. The highest BCUT2D eigenvalue weighted by Crippen LogP contribution is 2.38. The number of halogens is 4. The molecule has 180 valence electrons. The minimum absolute atomic E-state index is 0. The summed E-state index contributed by atoms with van der Waals surface area (Å²) < 4.78 is 49.9. The van der Waals surface area contributed by atoms with E-state index in [2.05, 4.69) is 10.2 Å². The molecule has 0 radical (unpaired) electrons. The van der Waals surface area contributed by atoms with Crippen LogP contribution in [0.1, 0.15) is 42.3 Å². The van der Waals surface area contributed by atoms with Crippen molar-refractivity contribution in [1.82, 2.24) is 19.5 Å². The van der Waals surface area contributed by atoms with Gasteiger partial charge in [-0.05, 0) is 42.9 Å².